The van der Waals surface area contributed by atoms with Crippen LogP contribution < -0.4 is 16.0 Å². The first-order chi connectivity index (χ1) is 9.16. The Bertz CT molecular complexity index is 410. The van der Waals surface area contributed by atoms with Crippen molar-refractivity contribution in [3.8, 4) is 0 Å². The van der Waals surface area contributed by atoms with Crippen LogP contribution in [0.3, 0.4) is 0 Å². The Balaban J connectivity index is 1.89. The second-order valence-electron chi connectivity index (χ2n) is 5.28. The summed E-state index contributed by atoms with van der Waals surface area (Å²) in [4.78, 5) is 13.4. The zero-order valence-corrected chi connectivity index (χ0v) is 11.6. The van der Waals surface area contributed by atoms with Crippen LogP contribution >= 0.6 is 0 Å². The topological polar surface area (TPSA) is 58.4 Å². The van der Waals surface area contributed by atoms with Crippen molar-refractivity contribution >= 4 is 17.3 Å². The third-order valence-corrected chi connectivity index (χ3v) is 3.69. The number of hydrogen-bond donors (Lipinski definition) is 2. The van der Waals surface area contributed by atoms with Crippen molar-refractivity contribution in [1.82, 2.24) is 0 Å². The van der Waals surface area contributed by atoms with Crippen LogP contribution in [0.2, 0.25) is 0 Å². The Morgan fingerprint density at radius 3 is 2.47 bits per heavy atom. The second-order valence-corrected chi connectivity index (χ2v) is 5.28. The molecule has 0 spiro atoms. The van der Waals surface area contributed by atoms with Gasteiger partial charge in [0.2, 0.25) is 5.91 Å². The summed E-state index contributed by atoms with van der Waals surface area (Å²) in [6, 6.07) is 8.42. The second kappa shape index (κ2) is 6.45. The van der Waals surface area contributed by atoms with Crippen molar-refractivity contribution in [3.63, 3.8) is 0 Å². The lowest BCUT2D eigenvalue weighted by Crippen LogP contribution is -2.29. The average molecular weight is 261 g/mol. The van der Waals surface area contributed by atoms with Crippen molar-refractivity contribution in [2.24, 2.45) is 11.7 Å². The van der Waals surface area contributed by atoms with Gasteiger partial charge in [-0.2, -0.15) is 0 Å². The third kappa shape index (κ3) is 3.88. The molecule has 1 amide bonds. The first kappa shape index (κ1) is 13.7. The van der Waals surface area contributed by atoms with Crippen molar-refractivity contribution < 1.29 is 4.79 Å². The van der Waals surface area contributed by atoms with E-state index in [0.717, 1.165) is 18.8 Å². The molecule has 4 heteroatoms. The monoisotopic (exact) mass is 261 g/mol. The van der Waals surface area contributed by atoms with E-state index in [2.05, 4.69) is 34.5 Å². The maximum Gasteiger partial charge on any atom is 0.222 e. The van der Waals surface area contributed by atoms with Crippen molar-refractivity contribution in [3.05, 3.63) is 24.3 Å². The molecule has 1 unspecified atom stereocenters. The molecule has 1 aliphatic rings. The van der Waals surface area contributed by atoms with Crippen molar-refractivity contribution in [2.75, 3.05) is 29.9 Å². The van der Waals surface area contributed by atoms with E-state index in [9.17, 15) is 4.79 Å². The summed E-state index contributed by atoms with van der Waals surface area (Å²) in [5.74, 6) is -0.417. The molecule has 1 saturated heterocycles. The van der Waals surface area contributed by atoms with Crippen LogP contribution in [-0.4, -0.2) is 25.5 Å². The molecular weight excluding hydrogens is 238 g/mol. The number of nitrogens with zero attached hydrogens (tertiary/aromatic N) is 1. The third-order valence-electron chi connectivity index (χ3n) is 3.69. The van der Waals surface area contributed by atoms with E-state index in [4.69, 9.17) is 5.73 Å². The number of carbonyl (C=O) groups is 1. The molecule has 0 aromatic heterocycles. The summed E-state index contributed by atoms with van der Waals surface area (Å²) in [7, 11) is 0. The highest BCUT2D eigenvalue weighted by Crippen LogP contribution is 2.21. The van der Waals surface area contributed by atoms with E-state index in [0.29, 0.717) is 6.54 Å². The molecule has 1 heterocycles. The fourth-order valence-corrected chi connectivity index (χ4v) is 2.31. The van der Waals surface area contributed by atoms with Crippen LogP contribution in [-0.2, 0) is 4.79 Å². The van der Waals surface area contributed by atoms with E-state index < -0.39 is 0 Å². The number of nitrogens with two attached hydrogens (primary N) is 1. The van der Waals surface area contributed by atoms with Crippen LogP contribution in [0.5, 0.6) is 0 Å². The Kier molecular flexibility index (Phi) is 4.66. The number of amides is 1. The SMILES string of the molecule is CC(CNc1ccc(N2CCCCC2)cc1)C(N)=O. The normalized spacial score (nSPS) is 17.0. The van der Waals surface area contributed by atoms with Gasteiger partial charge in [0.25, 0.3) is 0 Å². The Morgan fingerprint density at radius 1 is 1.26 bits per heavy atom. The molecule has 1 aromatic carbocycles. The highest BCUT2D eigenvalue weighted by Gasteiger charge is 2.11. The Hall–Kier alpha value is -1.71. The van der Waals surface area contributed by atoms with Crippen molar-refractivity contribution in [1.29, 1.82) is 0 Å². The van der Waals surface area contributed by atoms with E-state index >= 15 is 0 Å². The lowest BCUT2D eigenvalue weighted by atomic mass is 10.1. The molecule has 0 radical (unpaired) electrons. The predicted octanol–water partition coefficient (Wildman–Crippen LogP) is 2.21. The molecule has 1 aromatic rings. The van der Waals surface area contributed by atoms with E-state index in [1.54, 1.807) is 0 Å². The standard InChI is InChI=1S/C15H23N3O/c1-12(15(16)19)11-17-13-5-7-14(8-6-13)18-9-3-2-4-10-18/h5-8,12,17H,2-4,9-11H2,1H3,(H2,16,19). The first-order valence-electron chi connectivity index (χ1n) is 7.05. The molecule has 0 saturated carbocycles. The molecule has 104 valence electrons. The number of anilines is 2. The fraction of sp³-hybridized carbons (Fsp3) is 0.533. The highest BCUT2D eigenvalue weighted by atomic mass is 16.1. The van der Waals surface area contributed by atoms with Gasteiger partial charge < -0.3 is 16.0 Å². The van der Waals surface area contributed by atoms with Crippen molar-refractivity contribution in [2.45, 2.75) is 26.2 Å². The van der Waals surface area contributed by atoms with Gasteiger partial charge in [-0.05, 0) is 43.5 Å². The molecule has 1 fully saturated rings. The van der Waals surface area contributed by atoms with Gasteiger partial charge >= 0.3 is 0 Å². The molecule has 0 aliphatic carbocycles. The molecule has 2 rings (SSSR count). The van der Waals surface area contributed by atoms with Gasteiger partial charge in [0, 0.05) is 31.0 Å². The van der Waals surface area contributed by atoms with Crippen LogP contribution in [0.4, 0.5) is 11.4 Å². The molecule has 1 atom stereocenters. The molecule has 3 N–H and O–H groups in total. The van der Waals surface area contributed by atoms with E-state index in [-0.39, 0.29) is 11.8 Å². The molecule has 1 aliphatic heterocycles. The molecular formula is C15H23N3O. The quantitative estimate of drug-likeness (QED) is 0.854. The summed E-state index contributed by atoms with van der Waals surface area (Å²) < 4.78 is 0. The number of rotatable bonds is 5. The van der Waals surface area contributed by atoms with E-state index in [1.807, 2.05) is 6.92 Å². The molecule has 19 heavy (non-hydrogen) atoms. The Labute approximate surface area is 115 Å². The van der Waals surface area contributed by atoms with Gasteiger partial charge in [-0.15, -0.1) is 0 Å². The fourth-order valence-electron chi connectivity index (χ4n) is 2.31. The summed E-state index contributed by atoms with van der Waals surface area (Å²) in [5, 5.41) is 3.24. The largest absolute Gasteiger partial charge is 0.384 e. The van der Waals surface area contributed by atoms with Gasteiger partial charge in [-0.25, -0.2) is 0 Å². The first-order valence-corrected chi connectivity index (χ1v) is 7.05. The lowest BCUT2D eigenvalue weighted by Gasteiger charge is -2.28. The molecule has 4 nitrogen and oxygen atoms in total. The minimum absolute atomic E-state index is 0.151. The van der Waals surface area contributed by atoms with Crippen LogP contribution in [0.1, 0.15) is 26.2 Å². The maximum absolute atomic E-state index is 11.0. The lowest BCUT2D eigenvalue weighted by molar-refractivity contribution is -0.120. The van der Waals surface area contributed by atoms with Crippen LogP contribution in [0.15, 0.2) is 24.3 Å². The maximum atomic E-state index is 11.0. The van der Waals surface area contributed by atoms with Gasteiger partial charge in [0.1, 0.15) is 0 Å². The van der Waals surface area contributed by atoms with Crippen LogP contribution in [0, 0.1) is 5.92 Å². The number of carbonyl (C=O) groups excluding carboxylic acids is 1. The zero-order valence-electron chi connectivity index (χ0n) is 11.6. The number of piperidine rings is 1. The summed E-state index contributed by atoms with van der Waals surface area (Å²) in [6.45, 7) is 4.73. The summed E-state index contributed by atoms with van der Waals surface area (Å²) >= 11 is 0. The minimum atomic E-state index is -0.266. The predicted molar refractivity (Wildman–Crippen MR) is 79.4 cm³/mol. The number of primary amides is 1. The van der Waals surface area contributed by atoms with Gasteiger partial charge in [-0.3, -0.25) is 4.79 Å². The van der Waals surface area contributed by atoms with Crippen LogP contribution in [0.25, 0.3) is 0 Å². The summed E-state index contributed by atoms with van der Waals surface area (Å²) in [6.07, 6.45) is 3.92. The van der Waals surface area contributed by atoms with Gasteiger partial charge in [0.05, 0.1) is 5.92 Å². The minimum Gasteiger partial charge on any atom is -0.384 e. The average Bonchev–Trinajstić information content (AvgIpc) is 2.46. The number of hydrogen-bond acceptors (Lipinski definition) is 3. The highest BCUT2D eigenvalue weighted by molar-refractivity contribution is 5.76. The zero-order chi connectivity index (χ0) is 13.7. The van der Waals surface area contributed by atoms with Gasteiger partial charge in [-0.1, -0.05) is 6.92 Å². The molecule has 0 bridgehead atoms. The number of nitrogens with one attached hydrogen (secondary N) is 1. The van der Waals surface area contributed by atoms with E-state index in [1.165, 1.54) is 24.9 Å². The van der Waals surface area contributed by atoms with Gasteiger partial charge in [0.15, 0.2) is 0 Å². The Morgan fingerprint density at radius 2 is 1.89 bits per heavy atom. The smallest absolute Gasteiger partial charge is 0.222 e. The number of benzene rings is 1. The summed E-state index contributed by atoms with van der Waals surface area (Å²) in [5.41, 5.74) is 7.56.